The summed E-state index contributed by atoms with van der Waals surface area (Å²) in [6.45, 7) is 3.59. The van der Waals surface area contributed by atoms with E-state index in [1.165, 1.54) is 0 Å². The van der Waals surface area contributed by atoms with Crippen molar-refractivity contribution in [3.63, 3.8) is 0 Å². The molecule has 0 aliphatic carbocycles. The first kappa shape index (κ1) is 9.24. The summed E-state index contributed by atoms with van der Waals surface area (Å²) < 4.78 is 0. The van der Waals surface area contributed by atoms with E-state index in [4.69, 9.17) is 16.7 Å². The number of nitrogen functional groups attached to an aromatic ring is 1. The Hall–Kier alpha value is -1.85. The lowest BCUT2D eigenvalue weighted by Gasteiger charge is -2.04. The van der Waals surface area contributed by atoms with Gasteiger partial charge in [-0.05, 0) is 13.8 Å². The zero-order chi connectivity index (χ0) is 10.0. The second-order valence-electron chi connectivity index (χ2n) is 2.63. The van der Waals surface area contributed by atoms with Crippen LogP contribution in [0.1, 0.15) is 17.1 Å². The molecule has 1 heterocycles. The van der Waals surface area contributed by atoms with Crippen LogP contribution in [0.2, 0.25) is 0 Å². The van der Waals surface area contributed by atoms with Crippen LogP contribution in [0.4, 0.5) is 5.82 Å². The van der Waals surface area contributed by atoms with E-state index in [2.05, 4.69) is 15.1 Å². The summed E-state index contributed by atoms with van der Waals surface area (Å²) in [6.07, 6.45) is 0. The minimum Gasteiger partial charge on any atom is -0.409 e. The van der Waals surface area contributed by atoms with Crippen molar-refractivity contribution in [3.05, 3.63) is 17.1 Å². The quantitative estimate of drug-likeness (QED) is 0.240. The summed E-state index contributed by atoms with van der Waals surface area (Å²) in [5.41, 5.74) is 12.4. The first-order valence-corrected chi connectivity index (χ1v) is 3.65. The predicted octanol–water partition coefficient (Wildman–Crippen LogP) is -0.230. The number of aromatic nitrogens is 2. The van der Waals surface area contributed by atoms with Crippen LogP contribution in [0.3, 0.4) is 0 Å². The van der Waals surface area contributed by atoms with E-state index in [1.807, 2.05) is 0 Å². The molecule has 0 aromatic carbocycles. The molecule has 1 aromatic heterocycles. The van der Waals surface area contributed by atoms with Crippen molar-refractivity contribution in [2.24, 2.45) is 10.9 Å². The van der Waals surface area contributed by atoms with Gasteiger partial charge in [-0.3, -0.25) is 0 Å². The van der Waals surface area contributed by atoms with Gasteiger partial charge in [0.2, 0.25) is 11.7 Å². The van der Waals surface area contributed by atoms with Gasteiger partial charge in [0.05, 0.1) is 0 Å². The lowest BCUT2D eigenvalue weighted by molar-refractivity contribution is 0.318. The Kier molecular flexibility index (Phi) is 2.32. The average molecular weight is 181 g/mol. The van der Waals surface area contributed by atoms with E-state index in [9.17, 15) is 0 Å². The molecule has 0 saturated carbocycles. The molecule has 0 bridgehead atoms. The van der Waals surface area contributed by atoms with Gasteiger partial charge >= 0.3 is 0 Å². The zero-order valence-electron chi connectivity index (χ0n) is 7.44. The Morgan fingerprint density at radius 3 is 2.46 bits per heavy atom. The highest BCUT2D eigenvalue weighted by atomic mass is 16.4. The maximum atomic E-state index is 8.38. The molecule has 5 N–H and O–H groups in total. The van der Waals surface area contributed by atoms with Crippen molar-refractivity contribution in [2.75, 3.05) is 5.73 Å². The predicted molar refractivity (Wildman–Crippen MR) is 48.4 cm³/mol. The van der Waals surface area contributed by atoms with Crippen LogP contribution >= 0.6 is 0 Å². The summed E-state index contributed by atoms with van der Waals surface area (Å²) in [5.74, 6) is 0.340. The van der Waals surface area contributed by atoms with Gasteiger partial charge in [0, 0.05) is 11.3 Å². The number of anilines is 1. The topological polar surface area (TPSA) is 110 Å². The molecule has 0 radical (unpaired) electrons. The van der Waals surface area contributed by atoms with Crippen LogP contribution in [0.15, 0.2) is 5.16 Å². The molecule has 0 spiro atoms. The molecule has 70 valence electrons. The highest BCUT2D eigenvalue weighted by Gasteiger charge is 2.08. The maximum Gasteiger partial charge on any atom is 0.208 e. The smallest absolute Gasteiger partial charge is 0.208 e. The lowest BCUT2D eigenvalue weighted by atomic mass is 10.2. The highest BCUT2D eigenvalue weighted by molar-refractivity contribution is 5.93. The third-order valence-corrected chi connectivity index (χ3v) is 1.76. The fourth-order valence-electron chi connectivity index (χ4n) is 0.810. The van der Waals surface area contributed by atoms with E-state index in [0.29, 0.717) is 11.5 Å². The second-order valence-corrected chi connectivity index (χ2v) is 2.63. The fourth-order valence-corrected chi connectivity index (χ4v) is 0.810. The first-order chi connectivity index (χ1) is 6.06. The van der Waals surface area contributed by atoms with Crippen LogP contribution in [0, 0.1) is 13.8 Å². The van der Waals surface area contributed by atoms with Crippen molar-refractivity contribution < 1.29 is 5.21 Å². The first-order valence-electron chi connectivity index (χ1n) is 3.65. The standard InChI is InChI=1S/C7H11N5O/c1-3-4(2)10-7(6(9)12-13)11-5(3)8/h13H,1-2H3,(H2,9,12)(H2,8,10,11). The monoisotopic (exact) mass is 181 g/mol. The van der Waals surface area contributed by atoms with E-state index in [0.717, 1.165) is 5.56 Å². The molecule has 1 aromatic rings. The van der Waals surface area contributed by atoms with Crippen molar-refractivity contribution in [1.82, 2.24) is 9.97 Å². The number of amidine groups is 1. The normalized spacial score (nSPS) is 11.7. The summed E-state index contributed by atoms with van der Waals surface area (Å²) in [5, 5.41) is 11.2. The SMILES string of the molecule is Cc1nc(/C(N)=N/O)nc(N)c1C. The van der Waals surface area contributed by atoms with Gasteiger partial charge < -0.3 is 16.7 Å². The number of hydrogen-bond donors (Lipinski definition) is 3. The van der Waals surface area contributed by atoms with Crippen molar-refractivity contribution in [3.8, 4) is 0 Å². The van der Waals surface area contributed by atoms with Gasteiger partial charge in [-0.1, -0.05) is 5.16 Å². The minimum absolute atomic E-state index is 0.142. The van der Waals surface area contributed by atoms with Crippen molar-refractivity contribution >= 4 is 11.7 Å². The van der Waals surface area contributed by atoms with E-state index in [-0.39, 0.29) is 11.7 Å². The van der Waals surface area contributed by atoms with Crippen molar-refractivity contribution in [2.45, 2.75) is 13.8 Å². The summed E-state index contributed by atoms with van der Waals surface area (Å²) >= 11 is 0. The average Bonchev–Trinajstić information content (AvgIpc) is 2.12. The molecular weight excluding hydrogens is 170 g/mol. The van der Waals surface area contributed by atoms with Gasteiger partial charge in [0.1, 0.15) is 5.82 Å². The molecule has 1 rings (SSSR count). The molecule has 0 fully saturated rings. The van der Waals surface area contributed by atoms with Crippen LogP contribution in [0.5, 0.6) is 0 Å². The molecule has 13 heavy (non-hydrogen) atoms. The molecule has 0 unspecified atom stereocenters. The fraction of sp³-hybridized carbons (Fsp3) is 0.286. The van der Waals surface area contributed by atoms with Gasteiger partial charge in [-0.2, -0.15) is 0 Å². The minimum atomic E-state index is -0.144. The second kappa shape index (κ2) is 3.26. The molecule has 6 nitrogen and oxygen atoms in total. The van der Waals surface area contributed by atoms with Crippen LogP contribution in [-0.4, -0.2) is 21.0 Å². The molecule has 0 saturated heterocycles. The van der Waals surface area contributed by atoms with Crippen LogP contribution in [-0.2, 0) is 0 Å². The molecular formula is C7H11N5O. The maximum absolute atomic E-state index is 8.38. The molecule has 0 atom stereocenters. The number of aryl methyl sites for hydroxylation is 1. The Labute approximate surface area is 75.3 Å². The van der Waals surface area contributed by atoms with Crippen LogP contribution in [0.25, 0.3) is 0 Å². The third-order valence-electron chi connectivity index (χ3n) is 1.76. The third kappa shape index (κ3) is 1.66. The molecule has 0 amide bonds. The Balaban J connectivity index is 3.29. The summed E-state index contributed by atoms with van der Waals surface area (Å²) in [4.78, 5) is 7.85. The van der Waals surface area contributed by atoms with E-state index in [1.54, 1.807) is 13.8 Å². The Morgan fingerprint density at radius 1 is 1.38 bits per heavy atom. The summed E-state index contributed by atoms with van der Waals surface area (Å²) in [6, 6.07) is 0. The number of nitrogens with zero attached hydrogens (tertiary/aromatic N) is 3. The largest absolute Gasteiger partial charge is 0.409 e. The van der Waals surface area contributed by atoms with E-state index < -0.39 is 0 Å². The summed E-state index contributed by atoms with van der Waals surface area (Å²) in [7, 11) is 0. The van der Waals surface area contributed by atoms with Gasteiger partial charge in [-0.15, -0.1) is 0 Å². The number of rotatable bonds is 1. The Morgan fingerprint density at radius 2 is 2.00 bits per heavy atom. The zero-order valence-corrected chi connectivity index (χ0v) is 7.44. The Bertz CT molecular complexity index is 337. The van der Waals surface area contributed by atoms with Crippen molar-refractivity contribution in [1.29, 1.82) is 0 Å². The highest BCUT2D eigenvalue weighted by Crippen LogP contribution is 2.10. The van der Waals surface area contributed by atoms with Crippen LogP contribution < -0.4 is 11.5 Å². The lowest BCUT2D eigenvalue weighted by Crippen LogP contribution is -2.19. The molecule has 0 aliphatic heterocycles. The molecule has 0 aliphatic rings. The number of nitrogens with two attached hydrogens (primary N) is 2. The van der Waals surface area contributed by atoms with Gasteiger partial charge in [0.25, 0.3) is 0 Å². The molecule has 6 heteroatoms. The van der Waals surface area contributed by atoms with Gasteiger partial charge in [0.15, 0.2) is 0 Å². The van der Waals surface area contributed by atoms with E-state index >= 15 is 0 Å². The van der Waals surface area contributed by atoms with Gasteiger partial charge in [-0.25, -0.2) is 9.97 Å². The number of oxime groups is 1. The number of hydrogen-bond acceptors (Lipinski definition) is 5.